The molecule has 0 saturated carbocycles. The van der Waals surface area contributed by atoms with Gasteiger partial charge in [-0.3, -0.25) is 0 Å². The van der Waals surface area contributed by atoms with Crippen LogP contribution in [-0.2, 0) is 0 Å². The van der Waals surface area contributed by atoms with Gasteiger partial charge in [-0.2, -0.15) is 0 Å². The normalized spacial score (nSPS) is 10.2. The van der Waals surface area contributed by atoms with Crippen LogP contribution >= 0.6 is 0 Å². The molecule has 2 rings (SSSR count). The van der Waals surface area contributed by atoms with Crippen LogP contribution in [0.3, 0.4) is 0 Å². The molecule has 0 atom stereocenters. The van der Waals surface area contributed by atoms with Crippen LogP contribution in [-0.4, -0.2) is 7.11 Å². The molecule has 0 N–H and O–H groups in total. The van der Waals surface area contributed by atoms with Crippen LogP contribution in [0.1, 0.15) is 11.1 Å². The average molecular weight is 212 g/mol. The summed E-state index contributed by atoms with van der Waals surface area (Å²) in [6, 6.07) is 14.7. The second-order valence-corrected chi connectivity index (χ2v) is 4.05. The Kier molecular flexibility index (Phi) is 2.95. The Bertz CT molecular complexity index is 501. The molecule has 0 aromatic heterocycles. The fourth-order valence-electron chi connectivity index (χ4n) is 1.85. The molecule has 0 fully saturated rings. The van der Waals surface area contributed by atoms with E-state index >= 15 is 0 Å². The molecular formula is C15H16O. The number of aryl methyl sites for hydroxylation is 2. The molecular weight excluding hydrogens is 196 g/mol. The topological polar surface area (TPSA) is 9.23 Å². The standard InChI is InChI=1S/C15H16O/c1-11-5-4-6-13(9-11)15-10-14(16-3)8-7-12(15)2/h4-10H,1-3H3. The first-order valence-electron chi connectivity index (χ1n) is 5.42. The predicted molar refractivity (Wildman–Crippen MR) is 67.9 cm³/mol. The molecule has 0 unspecified atom stereocenters. The summed E-state index contributed by atoms with van der Waals surface area (Å²) in [5.41, 5.74) is 5.03. The SMILES string of the molecule is COc1ccc(C)c(-c2cccc(C)c2)c1. The van der Waals surface area contributed by atoms with E-state index in [0.717, 1.165) is 5.75 Å². The Hall–Kier alpha value is -1.76. The smallest absolute Gasteiger partial charge is 0.119 e. The quantitative estimate of drug-likeness (QED) is 0.731. The van der Waals surface area contributed by atoms with Gasteiger partial charge >= 0.3 is 0 Å². The van der Waals surface area contributed by atoms with E-state index in [4.69, 9.17) is 4.74 Å². The molecule has 0 radical (unpaired) electrons. The number of hydrogen-bond donors (Lipinski definition) is 0. The minimum absolute atomic E-state index is 0.905. The van der Waals surface area contributed by atoms with Crippen molar-refractivity contribution in [3.05, 3.63) is 53.6 Å². The molecule has 82 valence electrons. The van der Waals surface area contributed by atoms with Crippen molar-refractivity contribution in [3.63, 3.8) is 0 Å². The van der Waals surface area contributed by atoms with Crippen molar-refractivity contribution >= 4 is 0 Å². The lowest BCUT2D eigenvalue weighted by Gasteiger charge is -2.09. The maximum Gasteiger partial charge on any atom is 0.119 e. The highest BCUT2D eigenvalue weighted by atomic mass is 16.5. The van der Waals surface area contributed by atoms with Crippen molar-refractivity contribution in [2.45, 2.75) is 13.8 Å². The Balaban J connectivity index is 2.54. The lowest BCUT2D eigenvalue weighted by Crippen LogP contribution is -1.87. The average Bonchev–Trinajstić information content (AvgIpc) is 2.30. The van der Waals surface area contributed by atoms with Crippen LogP contribution < -0.4 is 4.74 Å². The van der Waals surface area contributed by atoms with Gasteiger partial charge in [0, 0.05) is 0 Å². The van der Waals surface area contributed by atoms with Gasteiger partial charge in [-0.05, 0) is 42.7 Å². The highest BCUT2D eigenvalue weighted by Gasteiger charge is 2.03. The molecule has 0 aliphatic heterocycles. The summed E-state index contributed by atoms with van der Waals surface area (Å²) in [5, 5.41) is 0. The van der Waals surface area contributed by atoms with Crippen molar-refractivity contribution < 1.29 is 4.74 Å². The Morgan fingerprint density at radius 3 is 2.44 bits per heavy atom. The number of hydrogen-bond acceptors (Lipinski definition) is 1. The highest BCUT2D eigenvalue weighted by molar-refractivity contribution is 5.69. The Morgan fingerprint density at radius 2 is 1.75 bits per heavy atom. The van der Waals surface area contributed by atoms with Gasteiger partial charge in [-0.25, -0.2) is 0 Å². The second kappa shape index (κ2) is 4.40. The van der Waals surface area contributed by atoms with Gasteiger partial charge in [0.25, 0.3) is 0 Å². The second-order valence-electron chi connectivity index (χ2n) is 4.05. The summed E-state index contributed by atoms with van der Waals surface area (Å²) in [4.78, 5) is 0. The minimum atomic E-state index is 0.905. The van der Waals surface area contributed by atoms with Crippen LogP contribution in [0.5, 0.6) is 5.75 Å². The fraction of sp³-hybridized carbons (Fsp3) is 0.200. The molecule has 0 aliphatic rings. The van der Waals surface area contributed by atoms with E-state index in [2.05, 4.69) is 50.2 Å². The zero-order valence-corrected chi connectivity index (χ0v) is 9.95. The lowest BCUT2D eigenvalue weighted by molar-refractivity contribution is 0.415. The first-order valence-corrected chi connectivity index (χ1v) is 5.42. The summed E-state index contributed by atoms with van der Waals surface area (Å²) < 4.78 is 5.26. The van der Waals surface area contributed by atoms with Crippen molar-refractivity contribution in [2.75, 3.05) is 7.11 Å². The van der Waals surface area contributed by atoms with E-state index in [1.165, 1.54) is 22.3 Å². The first-order chi connectivity index (χ1) is 7.70. The number of methoxy groups -OCH3 is 1. The van der Waals surface area contributed by atoms with E-state index in [1.54, 1.807) is 7.11 Å². The van der Waals surface area contributed by atoms with Gasteiger partial charge in [0.15, 0.2) is 0 Å². The Labute approximate surface area is 96.7 Å². The number of ether oxygens (including phenoxy) is 1. The number of benzene rings is 2. The minimum Gasteiger partial charge on any atom is -0.497 e. The molecule has 16 heavy (non-hydrogen) atoms. The fourth-order valence-corrected chi connectivity index (χ4v) is 1.85. The largest absolute Gasteiger partial charge is 0.497 e. The van der Waals surface area contributed by atoms with Crippen LogP contribution in [0, 0.1) is 13.8 Å². The van der Waals surface area contributed by atoms with Crippen LogP contribution in [0.4, 0.5) is 0 Å². The van der Waals surface area contributed by atoms with Crippen LogP contribution in [0.25, 0.3) is 11.1 Å². The maximum absolute atomic E-state index is 5.26. The van der Waals surface area contributed by atoms with Gasteiger partial charge in [0.1, 0.15) is 5.75 Å². The lowest BCUT2D eigenvalue weighted by atomic mass is 9.99. The van der Waals surface area contributed by atoms with E-state index < -0.39 is 0 Å². The van der Waals surface area contributed by atoms with Gasteiger partial charge in [-0.1, -0.05) is 35.9 Å². The molecule has 0 bridgehead atoms. The number of rotatable bonds is 2. The molecule has 1 nitrogen and oxygen atoms in total. The zero-order valence-electron chi connectivity index (χ0n) is 9.95. The van der Waals surface area contributed by atoms with E-state index in [-0.39, 0.29) is 0 Å². The third-order valence-corrected chi connectivity index (χ3v) is 2.77. The van der Waals surface area contributed by atoms with Crippen molar-refractivity contribution in [1.29, 1.82) is 0 Å². The van der Waals surface area contributed by atoms with Crippen molar-refractivity contribution in [1.82, 2.24) is 0 Å². The van der Waals surface area contributed by atoms with E-state index in [9.17, 15) is 0 Å². The molecule has 0 heterocycles. The molecule has 2 aromatic rings. The monoisotopic (exact) mass is 212 g/mol. The first kappa shape index (κ1) is 10.7. The van der Waals surface area contributed by atoms with Gasteiger partial charge in [0.05, 0.1) is 7.11 Å². The molecule has 0 aliphatic carbocycles. The van der Waals surface area contributed by atoms with Crippen molar-refractivity contribution in [3.8, 4) is 16.9 Å². The summed E-state index contributed by atoms with van der Waals surface area (Å²) >= 11 is 0. The van der Waals surface area contributed by atoms with Crippen LogP contribution in [0.15, 0.2) is 42.5 Å². The third-order valence-electron chi connectivity index (χ3n) is 2.77. The predicted octanol–water partition coefficient (Wildman–Crippen LogP) is 3.98. The molecule has 1 heteroatoms. The van der Waals surface area contributed by atoms with Gasteiger partial charge in [0.2, 0.25) is 0 Å². The summed E-state index contributed by atoms with van der Waals surface area (Å²) in [6.45, 7) is 4.23. The molecule has 0 saturated heterocycles. The molecule has 2 aromatic carbocycles. The van der Waals surface area contributed by atoms with Gasteiger partial charge in [-0.15, -0.1) is 0 Å². The summed E-state index contributed by atoms with van der Waals surface area (Å²) in [5.74, 6) is 0.905. The van der Waals surface area contributed by atoms with E-state index in [0.29, 0.717) is 0 Å². The molecule has 0 spiro atoms. The van der Waals surface area contributed by atoms with Gasteiger partial charge < -0.3 is 4.74 Å². The molecule has 0 amide bonds. The van der Waals surface area contributed by atoms with Crippen LogP contribution in [0.2, 0.25) is 0 Å². The van der Waals surface area contributed by atoms with E-state index in [1.807, 2.05) is 6.07 Å². The van der Waals surface area contributed by atoms with Crippen molar-refractivity contribution in [2.24, 2.45) is 0 Å². The maximum atomic E-state index is 5.26. The summed E-state index contributed by atoms with van der Waals surface area (Å²) in [6.07, 6.45) is 0. The third kappa shape index (κ3) is 2.08. The Morgan fingerprint density at radius 1 is 0.938 bits per heavy atom. The summed E-state index contributed by atoms with van der Waals surface area (Å²) in [7, 11) is 1.70. The highest BCUT2D eigenvalue weighted by Crippen LogP contribution is 2.27. The zero-order chi connectivity index (χ0) is 11.5.